The SMILES string of the molecule is COC(=O)c1ccc(Cl)c(Nc2nccc(N3CCC(C)CC3)n2)c1. The second-order valence-corrected chi connectivity index (χ2v) is 6.63. The van der Waals surface area contributed by atoms with Gasteiger partial charge in [0.05, 0.1) is 23.4 Å². The molecule has 25 heavy (non-hydrogen) atoms. The zero-order valence-electron chi connectivity index (χ0n) is 14.3. The molecule has 1 saturated heterocycles. The fourth-order valence-corrected chi connectivity index (χ4v) is 2.97. The fraction of sp³-hybridized carbons (Fsp3) is 0.389. The topological polar surface area (TPSA) is 67.3 Å². The van der Waals surface area contributed by atoms with Crippen molar-refractivity contribution in [2.45, 2.75) is 19.8 Å². The van der Waals surface area contributed by atoms with Gasteiger partial charge in [0.1, 0.15) is 5.82 Å². The molecule has 0 radical (unpaired) electrons. The highest BCUT2D eigenvalue weighted by Crippen LogP contribution is 2.27. The highest BCUT2D eigenvalue weighted by atomic mass is 35.5. The van der Waals surface area contributed by atoms with Gasteiger partial charge in [-0.3, -0.25) is 0 Å². The number of nitrogens with one attached hydrogen (secondary N) is 1. The third kappa shape index (κ3) is 4.20. The van der Waals surface area contributed by atoms with Gasteiger partial charge in [-0.15, -0.1) is 0 Å². The van der Waals surface area contributed by atoms with E-state index in [1.807, 2.05) is 6.07 Å². The first kappa shape index (κ1) is 17.5. The van der Waals surface area contributed by atoms with Gasteiger partial charge in [-0.2, -0.15) is 4.98 Å². The third-order valence-electron chi connectivity index (χ3n) is 4.38. The van der Waals surface area contributed by atoms with Crippen molar-refractivity contribution in [1.82, 2.24) is 9.97 Å². The van der Waals surface area contributed by atoms with Crippen LogP contribution in [0.15, 0.2) is 30.5 Å². The van der Waals surface area contributed by atoms with Crippen molar-refractivity contribution in [1.29, 1.82) is 0 Å². The number of benzene rings is 1. The van der Waals surface area contributed by atoms with Crippen LogP contribution in [0.1, 0.15) is 30.1 Å². The van der Waals surface area contributed by atoms with Gasteiger partial charge in [0, 0.05) is 19.3 Å². The number of nitrogens with zero attached hydrogens (tertiary/aromatic N) is 3. The number of halogens is 1. The van der Waals surface area contributed by atoms with Crippen LogP contribution in [0.2, 0.25) is 5.02 Å². The van der Waals surface area contributed by atoms with Crippen LogP contribution in [0.4, 0.5) is 17.5 Å². The fourth-order valence-electron chi connectivity index (χ4n) is 2.81. The second-order valence-electron chi connectivity index (χ2n) is 6.22. The summed E-state index contributed by atoms with van der Waals surface area (Å²) in [6, 6.07) is 6.80. The van der Waals surface area contributed by atoms with E-state index in [1.54, 1.807) is 24.4 Å². The van der Waals surface area contributed by atoms with Gasteiger partial charge in [0.2, 0.25) is 5.95 Å². The summed E-state index contributed by atoms with van der Waals surface area (Å²) in [7, 11) is 1.34. The Kier molecular flexibility index (Phi) is 5.38. The maximum absolute atomic E-state index is 11.7. The Balaban J connectivity index is 1.79. The molecule has 1 aliphatic heterocycles. The normalized spacial score (nSPS) is 15.1. The number of carbonyl (C=O) groups excluding carboxylic acids is 1. The summed E-state index contributed by atoms with van der Waals surface area (Å²) in [6.07, 6.45) is 4.06. The van der Waals surface area contributed by atoms with E-state index in [0.29, 0.717) is 22.2 Å². The highest BCUT2D eigenvalue weighted by molar-refractivity contribution is 6.33. The van der Waals surface area contributed by atoms with Crippen molar-refractivity contribution < 1.29 is 9.53 Å². The average molecular weight is 361 g/mol. The van der Waals surface area contributed by atoms with E-state index < -0.39 is 5.97 Å². The quantitative estimate of drug-likeness (QED) is 0.834. The molecule has 2 heterocycles. The van der Waals surface area contributed by atoms with E-state index in [4.69, 9.17) is 16.3 Å². The van der Waals surface area contributed by atoms with E-state index in [9.17, 15) is 4.79 Å². The molecule has 1 aliphatic rings. The zero-order chi connectivity index (χ0) is 17.8. The molecule has 2 aromatic rings. The van der Waals surface area contributed by atoms with Crippen LogP contribution in [0, 0.1) is 5.92 Å². The Morgan fingerprint density at radius 3 is 2.80 bits per heavy atom. The Bertz CT molecular complexity index is 760. The van der Waals surface area contributed by atoms with Gasteiger partial charge in [0.25, 0.3) is 0 Å². The summed E-state index contributed by atoms with van der Waals surface area (Å²) in [5.41, 5.74) is 0.976. The van der Waals surface area contributed by atoms with Crippen LogP contribution in [0.5, 0.6) is 0 Å². The number of esters is 1. The van der Waals surface area contributed by atoms with Gasteiger partial charge in [-0.1, -0.05) is 18.5 Å². The maximum atomic E-state index is 11.7. The molecule has 6 nitrogen and oxygen atoms in total. The molecule has 1 N–H and O–H groups in total. The van der Waals surface area contributed by atoms with Crippen LogP contribution in [-0.4, -0.2) is 36.1 Å². The predicted octanol–water partition coefficient (Wildman–Crippen LogP) is 3.90. The number of piperidine rings is 1. The van der Waals surface area contributed by atoms with E-state index in [-0.39, 0.29) is 0 Å². The van der Waals surface area contributed by atoms with E-state index in [1.165, 1.54) is 20.0 Å². The first-order chi connectivity index (χ1) is 12.1. The summed E-state index contributed by atoms with van der Waals surface area (Å²) in [5.74, 6) is 1.68. The molecule has 0 bridgehead atoms. The lowest BCUT2D eigenvalue weighted by molar-refractivity contribution is 0.0601. The first-order valence-corrected chi connectivity index (χ1v) is 8.67. The van der Waals surface area contributed by atoms with Crippen LogP contribution in [0.3, 0.4) is 0 Å². The van der Waals surface area contributed by atoms with Gasteiger partial charge >= 0.3 is 5.97 Å². The van der Waals surface area contributed by atoms with Crippen LogP contribution < -0.4 is 10.2 Å². The minimum absolute atomic E-state index is 0.413. The lowest BCUT2D eigenvalue weighted by atomic mass is 9.99. The number of methoxy groups -OCH3 is 1. The second kappa shape index (κ2) is 7.70. The Labute approximate surface area is 152 Å². The minimum Gasteiger partial charge on any atom is -0.465 e. The summed E-state index contributed by atoms with van der Waals surface area (Å²) >= 11 is 6.22. The summed E-state index contributed by atoms with van der Waals surface area (Å²) in [5, 5.41) is 3.57. The Hall–Kier alpha value is -2.34. The standard InChI is InChI=1S/C18H21ClN4O2/c1-12-6-9-23(10-7-12)16-5-8-20-18(22-16)21-15-11-13(17(24)25-2)3-4-14(15)19/h3-5,8,11-12H,6-7,9-10H2,1-2H3,(H,20,21,22). The average Bonchev–Trinajstić information content (AvgIpc) is 2.64. The van der Waals surface area contributed by atoms with Gasteiger partial charge in [0.15, 0.2) is 0 Å². The lowest BCUT2D eigenvalue weighted by Gasteiger charge is -2.31. The van der Waals surface area contributed by atoms with Crippen molar-refractivity contribution in [2.24, 2.45) is 5.92 Å². The smallest absolute Gasteiger partial charge is 0.337 e. The number of rotatable bonds is 4. The Morgan fingerprint density at radius 2 is 2.08 bits per heavy atom. The van der Waals surface area contributed by atoms with Crippen molar-refractivity contribution in [3.05, 3.63) is 41.0 Å². The number of ether oxygens (including phenoxy) is 1. The van der Waals surface area contributed by atoms with E-state index >= 15 is 0 Å². The van der Waals surface area contributed by atoms with Crippen molar-refractivity contribution >= 4 is 35.0 Å². The summed E-state index contributed by atoms with van der Waals surface area (Å²) in [6.45, 7) is 4.27. The van der Waals surface area contributed by atoms with Gasteiger partial charge in [-0.25, -0.2) is 9.78 Å². The molecular formula is C18H21ClN4O2. The molecule has 1 aromatic carbocycles. The molecule has 0 unspecified atom stereocenters. The van der Waals surface area contributed by atoms with E-state index in [2.05, 4.69) is 27.1 Å². The molecule has 132 valence electrons. The van der Waals surface area contributed by atoms with Gasteiger partial charge < -0.3 is 15.0 Å². The molecule has 1 fully saturated rings. The molecule has 0 atom stereocenters. The minimum atomic E-state index is -0.420. The maximum Gasteiger partial charge on any atom is 0.337 e. The molecule has 1 aromatic heterocycles. The zero-order valence-corrected chi connectivity index (χ0v) is 15.1. The van der Waals surface area contributed by atoms with Crippen LogP contribution >= 0.6 is 11.6 Å². The molecule has 0 aliphatic carbocycles. The largest absolute Gasteiger partial charge is 0.465 e. The van der Waals surface area contributed by atoms with Crippen LogP contribution in [0.25, 0.3) is 0 Å². The predicted molar refractivity (Wildman–Crippen MR) is 98.7 cm³/mol. The van der Waals surface area contributed by atoms with Gasteiger partial charge in [-0.05, 0) is 43.0 Å². The third-order valence-corrected chi connectivity index (χ3v) is 4.71. The number of hydrogen-bond acceptors (Lipinski definition) is 6. The van der Waals surface area contributed by atoms with E-state index in [0.717, 1.165) is 24.8 Å². The molecule has 0 spiro atoms. The van der Waals surface area contributed by atoms with Crippen molar-refractivity contribution in [2.75, 3.05) is 30.4 Å². The van der Waals surface area contributed by atoms with Crippen LogP contribution in [-0.2, 0) is 4.74 Å². The monoisotopic (exact) mass is 360 g/mol. The molecular weight excluding hydrogens is 340 g/mol. The lowest BCUT2D eigenvalue weighted by Crippen LogP contribution is -2.33. The molecule has 0 amide bonds. The summed E-state index contributed by atoms with van der Waals surface area (Å²) < 4.78 is 4.74. The number of carbonyl (C=O) groups is 1. The highest BCUT2D eigenvalue weighted by Gasteiger charge is 2.17. The first-order valence-electron chi connectivity index (χ1n) is 8.29. The number of hydrogen-bond donors (Lipinski definition) is 1. The Morgan fingerprint density at radius 1 is 1.32 bits per heavy atom. The summed E-state index contributed by atoms with van der Waals surface area (Å²) in [4.78, 5) is 22.8. The number of aromatic nitrogens is 2. The van der Waals surface area contributed by atoms with Crippen molar-refractivity contribution in [3.63, 3.8) is 0 Å². The van der Waals surface area contributed by atoms with Crippen molar-refractivity contribution in [3.8, 4) is 0 Å². The molecule has 0 saturated carbocycles. The number of anilines is 3. The molecule has 7 heteroatoms. The molecule has 3 rings (SSSR count).